The second kappa shape index (κ2) is 4.27. The van der Waals surface area contributed by atoms with Crippen molar-refractivity contribution in [2.45, 2.75) is 13.0 Å². The topological polar surface area (TPSA) is 55.1 Å². The maximum absolute atomic E-state index is 10.6. The van der Waals surface area contributed by atoms with Gasteiger partial charge in [-0.25, -0.2) is 9.78 Å². The molecule has 4 nitrogen and oxygen atoms in total. The summed E-state index contributed by atoms with van der Waals surface area (Å²) in [6.45, 7) is 0.761. The van der Waals surface area contributed by atoms with Crippen LogP contribution in [0.2, 0.25) is 0 Å². The molecule has 0 atom stereocenters. The lowest BCUT2D eigenvalue weighted by atomic mass is 10.2. The number of carboxylic acids is 1. The van der Waals surface area contributed by atoms with Gasteiger partial charge in [0.1, 0.15) is 0 Å². The monoisotopic (exact) mass is 222 g/mol. The van der Waals surface area contributed by atoms with Gasteiger partial charge in [0.25, 0.3) is 0 Å². The van der Waals surface area contributed by atoms with Crippen LogP contribution in [-0.4, -0.2) is 20.6 Å². The Balaban J connectivity index is 1.96. The molecule has 0 radical (unpaired) electrons. The molecule has 2 aromatic rings. The molecule has 78 valence electrons. The molecule has 0 aliphatic carbocycles. The Labute approximate surface area is 90.8 Å². The molecule has 2 aromatic heterocycles. The van der Waals surface area contributed by atoms with E-state index < -0.39 is 5.97 Å². The molecule has 0 saturated carbocycles. The number of thiophene rings is 1. The normalized spacial score (nSPS) is 10.4. The SMILES string of the molecule is O=C(O)c1cn(CCc2ccsc2)cn1. The number of carbonyl (C=O) groups is 1. The van der Waals surface area contributed by atoms with Crippen LogP contribution in [0.4, 0.5) is 0 Å². The summed E-state index contributed by atoms with van der Waals surface area (Å²) in [7, 11) is 0. The zero-order chi connectivity index (χ0) is 10.7. The number of nitrogens with zero attached hydrogens (tertiary/aromatic N) is 2. The molecule has 5 heteroatoms. The molecule has 0 fully saturated rings. The third kappa shape index (κ3) is 2.44. The van der Waals surface area contributed by atoms with Gasteiger partial charge in [0.05, 0.1) is 6.33 Å². The van der Waals surface area contributed by atoms with Crippen molar-refractivity contribution in [3.63, 3.8) is 0 Å². The average Bonchev–Trinajstić information content (AvgIpc) is 2.86. The maximum atomic E-state index is 10.6. The summed E-state index contributed by atoms with van der Waals surface area (Å²) in [6, 6.07) is 2.07. The molecule has 1 N–H and O–H groups in total. The fourth-order valence-corrected chi connectivity index (χ4v) is 1.99. The second-order valence-corrected chi connectivity index (χ2v) is 3.96. The smallest absolute Gasteiger partial charge is 0.356 e. The van der Waals surface area contributed by atoms with Gasteiger partial charge in [-0.3, -0.25) is 0 Å². The minimum atomic E-state index is -0.982. The summed E-state index contributed by atoms with van der Waals surface area (Å²) in [5.41, 5.74) is 1.37. The van der Waals surface area contributed by atoms with Crippen molar-refractivity contribution in [1.29, 1.82) is 0 Å². The van der Waals surface area contributed by atoms with E-state index in [0.29, 0.717) is 0 Å². The quantitative estimate of drug-likeness (QED) is 0.859. The summed E-state index contributed by atoms with van der Waals surface area (Å²) in [4.78, 5) is 14.4. The first-order valence-electron chi connectivity index (χ1n) is 4.52. The second-order valence-electron chi connectivity index (χ2n) is 3.18. The van der Waals surface area contributed by atoms with E-state index in [1.807, 2.05) is 5.38 Å². The van der Waals surface area contributed by atoms with E-state index in [0.717, 1.165) is 13.0 Å². The van der Waals surface area contributed by atoms with E-state index in [1.165, 1.54) is 5.56 Å². The molecule has 0 amide bonds. The zero-order valence-corrected chi connectivity index (χ0v) is 8.78. The summed E-state index contributed by atoms with van der Waals surface area (Å²) < 4.78 is 1.79. The summed E-state index contributed by atoms with van der Waals surface area (Å²) in [5.74, 6) is -0.982. The van der Waals surface area contributed by atoms with Crippen LogP contribution in [-0.2, 0) is 13.0 Å². The van der Waals surface area contributed by atoms with Crippen molar-refractivity contribution in [3.05, 3.63) is 40.6 Å². The molecule has 2 heterocycles. The van der Waals surface area contributed by atoms with Crippen LogP contribution in [0.5, 0.6) is 0 Å². The molecular formula is C10H10N2O2S. The molecule has 0 spiro atoms. The summed E-state index contributed by atoms with van der Waals surface area (Å²) >= 11 is 1.67. The number of rotatable bonds is 4. The number of aromatic nitrogens is 2. The standard InChI is InChI=1S/C10H10N2O2S/c13-10(14)9-5-12(7-11-9)3-1-8-2-4-15-6-8/h2,4-7H,1,3H2,(H,13,14). The zero-order valence-electron chi connectivity index (χ0n) is 7.96. The Morgan fingerprint density at radius 1 is 1.60 bits per heavy atom. The van der Waals surface area contributed by atoms with Gasteiger partial charge < -0.3 is 9.67 Å². The molecule has 0 saturated heterocycles. The first-order chi connectivity index (χ1) is 7.25. The lowest BCUT2D eigenvalue weighted by molar-refractivity contribution is 0.0691. The molecule has 0 aliphatic heterocycles. The van der Waals surface area contributed by atoms with Crippen LogP contribution < -0.4 is 0 Å². The fourth-order valence-electron chi connectivity index (χ4n) is 1.29. The third-order valence-electron chi connectivity index (χ3n) is 2.09. The highest BCUT2D eigenvalue weighted by Crippen LogP contribution is 2.08. The van der Waals surface area contributed by atoms with E-state index in [4.69, 9.17) is 5.11 Å². The van der Waals surface area contributed by atoms with Crippen LogP contribution in [0, 0.1) is 0 Å². The predicted molar refractivity (Wildman–Crippen MR) is 57.2 cm³/mol. The van der Waals surface area contributed by atoms with E-state index in [-0.39, 0.29) is 5.69 Å². The molecular weight excluding hydrogens is 212 g/mol. The van der Waals surface area contributed by atoms with Crippen LogP contribution in [0.25, 0.3) is 0 Å². The van der Waals surface area contributed by atoms with Gasteiger partial charge in [-0.05, 0) is 28.8 Å². The maximum Gasteiger partial charge on any atom is 0.356 e. The third-order valence-corrected chi connectivity index (χ3v) is 2.82. The Bertz CT molecular complexity index is 448. The molecule has 0 aliphatic rings. The van der Waals surface area contributed by atoms with Crippen molar-refractivity contribution in [2.75, 3.05) is 0 Å². The first kappa shape index (κ1) is 9.92. The number of hydrogen-bond acceptors (Lipinski definition) is 3. The van der Waals surface area contributed by atoms with E-state index in [9.17, 15) is 4.79 Å². The lowest BCUT2D eigenvalue weighted by Crippen LogP contribution is -1.99. The number of imidazole rings is 1. The predicted octanol–water partition coefficient (Wildman–Crippen LogP) is 1.89. The van der Waals surface area contributed by atoms with Gasteiger partial charge in [0.2, 0.25) is 0 Å². The van der Waals surface area contributed by atoms with Gasteiger partial charge in [-0.15, -0.1) is 0 Å². The lowest BCUT2D eigenvalue weighted by Gasteiger charge is -1.98. The minimum absolute atomic E-state index is 0.0975. The molecule has 2 rings (SSSR count). The first-order valence-corrected chi connectivity index (χ1v) is 5.46. The Hall–Kier alpha value is -1.62. The number of hydrogen-bond donors (Lipinski definition) is 1. The number of aromatic carboxylic acids is 1. The average molecular weight is 222 g/mol. The fraction of sp³-hybridized carbons (Fsp3) is 0.200. The van der Waals surface area contributed by atoms with E-state index in [1.54, 1.807) is 28.4 Å². The van der Waals surface area contributed by atoms with Crippen molar-refractivity contribution >= 4 is 17.3 Å². The molecule has 0 bridgehead atoms. The largest absolute Gasteiger partial charge is 0.476 e. The highest BCUT2D eigenvalue weighted by molar-refractivity contribution is 7.07. The van der Waals surface area contributed by atoms with Crippen molar-refractivity contribution in [3.8, 4) is 0 Å². The van der Waals surface area contributed by atoms with Gasteiger partial charge in [-0.1, -0.05) is 0 Å². The van der Waals surface area contributed by atoms with Crippen molar-refractivity contribution in [2.24, 2.45) is 0 Å². The molecule has 15 heavy (non-hydrogen) atoms. The van der Waals surface area contributed by atoms with Crippen LogP contribution in [0.1, 0.15) is 16.1 Å². The van der Waals surface area contributed by atoms with Gasteiger partial charge >= 0.3 is 5.97 Å². The van der Waals surface area contributed by atoms with Gasteiger partial charge in [0.15, 0.2) is 5.69 Å². The van der Waals surface area contributed by atoms with E-state index >= 15 is 0 Å². The van der Waals surface area contributed by atoms with Gasteiger partial charge in [-0.2, -0.15) is 11.3 Å². The van der Waals surface area contributed by atoms with Gasteiger partial charge in [0, 0.05) is 12.7 Å². The van der Waals surface area contributed by atoms with Crippen LogP contribution in [0.15, 0.2) is 29.4 Å². The van der Waals surface area contributed by atoms with Crippen molar-refractivity contribution < 1.29 is 9.90 Å². The van der Waals surface area contributed by atoms with Crippen LogP contribution in [0.3, 0.4) is 0 Å². The van der Waals surface area contributed by atoms with Crippen LogP contribution >= 0.6 is 11.3 Å². The highest BCUT2D eigenvalue weighted by atomic mass is 32.1. The number of carboxylic acid groups (broad SMARTS) is 1. The van der Waals surface area contributed by atoms with E-state index in [2.05, 4.69) is 16.4 Å². The Kier molecular flexibility index (Phi) is 2.82. The highest BCUT2D eigenvalue weighted by Gasteiger charge is 2.05. The summed E-state index contributed by atoms with van der Waals surface area (Å²) in [6.07, 6.45) is 4.00. The Morgan fingerprint density at radius 2 is 2.47 bits per heavy atom. The number of aryl methyl sites for hydroxylation is 2. The molecule has 0 aromatic carbocycles. The Morgan fingerprint density at radius 3 is 3.07 bits per heavy atom. The molecule has 0 unspecified atom stereocenters. The van der Waals surface area contributed by atoms with Crippen molar-refractivity contribution in [1.82, 2.24) is 9.55 Å². The summed E-state index contributed by atoms with van der Waals surface area (Å²) in [5, 5.41) is 12.8. The minimum Gasteiger partial charge on any atom is -0.476 e.